The number of aromatic nitrogens is 2. The van der Waals surface area contributed by atoms with Crippen LogP contribution in [0.2, 0.25) is 0 Å². The Morgan fingerprint density at radius 2 is 2.41 bits per heavy atom. The van der Waals surface area contributed by atoms with Gasteiger partial charge in [-0.05, 0) is 18.8 Å². The lowest BCUT2D eigenvalue weighted by atomic mass is 9.82. The van der Waals surface area contributed by atoms with Crippen LogP contribution in [0.4, 0.5) is 0 Å². The van der Waals surface area contributed by atoms with E-state index < -0.39 is 0 Å². The molecule has 0 unspecified atom stereocenters. The van der Waals surface area contributed by atoms with Crippen LogP contribution in [-0.4, -0.2) is 15.7 Å². The summed E-state index contributed by atoms with van der Waals surface area (Å²) in [7, 11) is 1.86. The molecule has 0 bridgehead atoms. The van der Waals surface area contributed by atoms with E-state index in [2.05, 4.69) is 12.0 Å². The molecular weight excluding hydrogens is 216 g/mol. The molecule has 2 atom stereocenters. The topological polar surface area (TPSA) is 44.1 Å². The fourth-order valence-electron chi connectivity index (χ4n) is 2.47. The highest BCUT2D eigenvalue weighted by molar-refractivity contribution is 5.72. The first-order valence-electron chi connectivity index (χ1n) is 6.29. The SMILES string of the molecule is C[C@H]1CCC[C@@H](C(=O)OCc2cnn(C)c2)C1. The molecule has 0 spiro atoms. The van der Waals surface area contributed by atoms with Crippen LogP contribution in [0.5, 0.6) is 0 Å². The molecule has 0 amide bonds. The summed E-state index contributed by atoms with van der Waals surface area (Å²) in [5, 5.41) is 4.04. The standard InChI is InChI=1S/C13H20N2O2/c1-10-4-3-5-12(6-10)13(16)17-9-11-7-14-15(2)8-11/h7-8,10,12H,3-6,9H2,1-2H3/t10-,12+/m0/s1. The molecule has 0 saturated heterocycles. The van der Waals surface area contributed by atoms with Crippen LogP contribution in [-0.2, 0) is 23.2 Å². The van der Waals surface area contributed by atoms with Gasteiger partial charge < -0.3 is 4.74 Å². The van der Waals surface area contributed by atoms with Crippen molar-refractivity contribution in [3.8, 4) is 0 Å². The molecule has 0 aliphatic heterocycles. The molecule has 4 nitrogen and oxygen atoms in total. The van der Waals surface area contributed by atoms with E-state index in [0.717, 1.165) is 24.8 Å². The fraction of sp³-hybridized carbons (Fsp3) is 0.692. The van der Waals surface area contributed by atoms with Crippen molar-refractivity contribution >= 4 is 5.97 Å². The number of carbonyl (C=O) groups is 1. The van der Waals surface area contributed by atoms with Gasteiger partial charge in [-0.15, -0.1) is 0 Å². The average molecular weight is 236 g/mol. The van der Waals surface area contributed by atoms with E-state index >= 15 is 0 Å². The van der Waals surface area contributed by atoms with E-state index in [1.54, 1.807) is 10.9 Å². The van der Waals surface area contributed by atoms with E-state index in [1.165, 1.54) is 6.42 Å². The molecule has 1 fully saturated rings. The molecule has 17 heavy (non-hydrogen) atoms. The number of hydrogen-bond acceptors (Lipinski definition) is 3. The molecule has 4 heteroatoms. The van der Waals surface area contributed by atoms with Crippen molar-refractivity contribution in [2.45, 2.75) is 39.2 Å². The van der Waals surface area contributed by atoms with Gasteiger partial charge in [-0.1, -0.05) is 19.8 Å². The summed E-state index contributed by atoms with van der Waals surface area (Å²) < 4.78 is 7.05. The van der Waals surface area contributed by atoms with Crippen LogP contribution in [0.15, 0.2) is 12.4 Å². The van der Waals surface area contributed by atoms with Crippen molar-refractivity contribution < 1.29 is 9.53 Å². The summed E-state index contributed by atoms with van der Waals surface area (Å²) in [6, 6.07) is 0. The van der Waals surface area contributed by atoms with Crippen molar-refractivity contribution in [2.24, 2.45) is 18.9 Å². The zero-order chi connectivity index (χ0) is 12.3. The largest absolute Gasteiger partial charge is 0.460 e. The van der Waals surface area contributed by atoms with Crippen LogP contribution in [0.3, 0.4) is 0 Å². The number of esters is 1. The molecule has 1 saturated carbocycles. The summed E-state index contributed by atoms with van der Waals surface area (Å²) >= 11 is 0. The first-order chi connectivity index (χ1) is 8.15. The van der Waals surface area contributed by atoms with Gasteiger partial charge in [-0.3, -0.25) is 9.48 Å². The minimum Gasteiger partial charge on any atom is -0.460 e. The number of nitrogens with zero attached hydrogens (tertiary/aromatic N) is 2. The van der Waals surface area contributed by atoms with Crippen LogP contribution in [0.25, 0.3) is 0 Å². The smallest absolute Gasteiger partial charge is 0.309 e. The van der Waals surface area contributed by atoms with E-state index in [4.69, 9.17) is 4.74 Å². The maximum Gasteiger partial charge on any atom is 0.309 e. The Bertz CT molecular complexity index is 387. The van der Waals surface area contributed by atoms with Gasteiger partial charge in [0.25, 0.3) is 0 Å². The molecule has 0 aromatic carbocycles. The number of rotatable bonds is 3. The molecule has 0 radical (unpaired) electrons. The highest BCUT2D eigenvalue weighted by Gasteiger charge is 2.26. The second-order valence-electron chi connectivity index (χ2n) is 5.10. The van der Waals surface area contributed by atoms with Gasteiger partial charge in [0, 0.05) is 18.8 Å². The Labute approximate surface area is 102 Å². The first-order valence-corrected chi connectivity index (χ1v) is 6.29. The van der Waals surface area contributed by atoms with Crippen molar-refractivity contribution in [1.29, 1.82) is 0 Å². The molecule has 2 rings (SSSR count). The average Bonchev–Trinajstić information content (AvgIpc) is 2.72. The molecule has 1 aromatic heterocycles. The van der Waals surface area contributed by atoms with Gasteiger partial charge in [0.2, 0.25) is 0 Å². The zero-order valence-electron chi connectivity index (χ0n) is 10.6. The second-order valence-corrected chi connectivity index (χ2v) is 5.10. The molecule has 0 N–H and O–H groups in total. The maximum atomic E-state index is 11.9. The van der Waals surface area contributed by atoms with E-state index in [9.17, 15) is 4.79 Å². The van der Waals surface area contributed by atoms with Crippen LogP contribution in [0, 0.1) is 11.8 Å². The lowest BCUT2D eigenvalue weighted by Crippen LogP contribution is -2.23. The molecular formula is C13H20N2O2. The molecule has 1 aliphatic carbocycles. The summed E-state index contributed by atoms with van der Waals surface area (Å²) in [5.41, 5.74) is 0.949. The highest BCUT2D eigenvalue weighted by Crippen LogP contribution is 2.29. The predicted molar refractivity (Wildman–Crippen MR) is 64.1 cm³/mol. The van der Waals surface area contributed by atoms with E-state index in [1.807, 2.05) is 13.2 Å². The van der Waals surface area contributed by atoms with Crippen molar-refractivity contribution in [3.05, 3.63) is 18.0 Å². The first kappa shape index (κ1) is 12.1. The third-order valence-electron chi connectivity index (χ3n) is 3.41. The Morgan fingerprint density at radius 1 is 1.59 bits per heavy atom. The molecule has 1 heterocycles. The second kappa shape index (κ2) is 5.34. The van der Waals surface area contributed by atoms with Gasteiger partial charge in [0.15, 0.2) is 0 Å². The summed E-state index contributed by atoms with van der Waals surface area (Å²) in [6.07, 6.45) is 7.95. The minimum atomic E-state index is -0.0413. The Balaban J connectivity index is 1.80. The molecule has 1 aliphatic rings. The van der Waals surface area contributed by atoms with Crippen LogP contribution < -0.4 is 0 Å². The fourth-order valence-corrected chi connectivity index (χ4v) is 2.47. The molecule has 94 valence electrons. The monoisotopic (exact) mass is 236 g/mol. The normalized spacial score (nSPS) is 24.6. The predicted octanol–water partition coefficient (Wildman–Crippen LogP) is 2.29. The zero-order valence-corrected chi connectivity index (χ0v) is 10.6. The highest BCUT2D eigenvalue weighted by atomic mass is 16.5. The third-order valence-corrected chi connectivity index (χ3v) is 3.41. The van der Waals surface area contributed by atoms with Crippen molar-refractivity contribution in [3.63, 3.8) is 0 Å². The lowest BCUT2D eigenvalue weighted by Gasteiger charge is -2.24. The lowest BCUT2D eigenvalue weighted by molar-refractivity contribution is -0.151. The summed E-state index contributed by atoms with van der Waals surface area (Å²) in [4.78, 5) is 11.9. The number of ether oxygens (including phenoxy) is 1. The molecule has 1 aromatic rings. The number of aryl methyl sites for hydroxylation is 1. The van der Waals surface area contributed by atoms with Crippen molar-refractivity contribution in [2.75, 3.05) is 0 Å². The van der Waals surface area contributed by atoms with Crippen LogP contribution in [0.1, 0.15) is 38.2 Å². The Morgan fingerprint density at radius 3 is 3.06 bits per heavy atom. The quantitative estimate of drug-likeness (QED) is 0.756. The van der Waals surface area contributed by atoms with Gasteiger partial charge in [0.05, 0.1) is 12.1 Å². The van der Waals surface area contributed by atoms with E-state index in [0.29, 0.717) is 12.5 Å². The summed E-state index contributed by atoms with van der Waals surface area (Å²) in [6.45, 7) is 2.55. The Kier molecular flexibility index (Phi) is 3.82. The van der Waals surface area contributed by atoms with Gasteiger partial charge in [-0.25, -0.2) is 0 Å². The summed E-state index contributed by atoms with van der Waals surface area (Å²) in [5.74, 6) is 0.718. The van der Waals surface area contributed by atoms with Gasteiger partial charge in [0.1, 0.15) is 6.61 Å². The number of carbonyl (C=O) groups excluding carboxylic acids is 1. The van der Waals surface area contributed by atoms with Crippen LogP contribution >= 0.6 is 0 Å². The maximum absolute atomic E-state index is 11.9. The van der Waals surface area contributed by atoms with E-state index in [-0.39, 0.29) is 11.9 Å². The van der Waals surface area contributed by atoms with Gasteiger partial charge >= 0.3 is 5.97 Å². The number of hydrogen-bond donors (Lipinski definition) is 0. The van der Waals surface area contributed by atoms with Crippen molar-refractivity contribution in [1.82, 2.24) is 9.78 Å². The van der Waals surface area contributed by atoms with Gasteiger partial charge in [-0.2, -0.15) is 5.10 Å². The minimum absolute atomic E-state index is 0.0413. The Hall–Kier alpha value is -1.32. The third kappa shape index (κ3) is 3.32.